The molecule has 0 bridgehead atoms. The zero-order valence-electron chi connectivity index (χ0n) is 9.56. The molecule has 2 aromatic rings. The van der Waals surface area contributed by atoms with Gasteiger partial charge in [-0.15, -0.1) is 0 Å². The normalized spacial score (nSPS) is 10.2. The van der Waals surface area contributed by atoms with Gasteiger partial charge in [-0.25, -0.2) is 13.6 Å². The molecule has 0 heterocycles. The van der Waals surface area contributed by atoms with Crippen LogP contribution in [-0.2, 0) is 0 Å². The van der Waals surface area contributed by atoms with Crippen LogP contribution < -0.4 is 10.5 Å². The summed E-state index contributed by atoms with van der Waals surface area (Å²) in [6, 6.07) is 6.90. The highest BCUT2D eigenvalue weighted by Gasteiger charge is 2.09. The van der Waals surface area contributed by atoms with Crippen LogP contribution in [-0.4, -0.2) is 11.1 Å². The average molecular weight is 265 g/mol. The number of halogens is 2. The van der Waals surface area contributed by atoms with E-state index in [0.29, 0.717) is 0 Å². The number of carbonyl (C=O) groups is 1. The Balaban J connectivity index is 2.28. The summed E-state index contributed by atoms with van der Waals surface area (Å²) in [6.45, 7) is 0. The van der Waals surface area contributed by atoms with Crippen LogP contribution in [0.1, 0.15) is 10.4 Å². The number of rotatable bonds is 3. The SMILES string of the molecule is Nc1cc(C(=O)O)ccc1Oc1ccc(F)c(F)c1. The molecule has 0 aliphatic carbocycles. The third-order valence-corrected chi connectivity index (χ3v) is 2.38. The van der Waals surface area contributed by atoms with E-state index in [1.807, 2.05) is 0 Å². The molecule has 0 atom stereocenters. The molecule has 2 aromatic carbocycles. The Bertz CT molecular complexity index is 644. The Morgan fingerprint density at radius 2 is 1.84 bits per heavy atom. The molecule has 19 heavy (non-hydrogen) atoms. The molecule has 0 amide bonds. The number of carboxylic acid groups (broad SMARTS) is 1. The van der Waals surface area contributed by atoms with E-state index in [9.17, 15) is 13.6 Å². The van der Waals surface area contributed by atoms with Gasteiger partial charge in [-0.1, -0.05) is 0 Å². The van der Waals surface area contributed by atoms with Gasteiger partial charge in [-0.3, -0.25) is 0 Å². The van der Waals surface area contributed by atoms with Crippen LogP contribution in [0.25, 0.3) is 0 Å². The number of anilines is 1. The van der Waals surface area contributed by atoms with E-state index in [4.69, 9.17) is 15.6 Å². The molecule has 0 unspecified atom stereocenters. The summed E-state index contributed by atoms with van der Waals surface area (Å²) in [5.41, 5.74) is 5.72. The molecule has 0 aromatic heterocycles. The predicted molar refractivity (Wildman–Crippen MR) is 64.2 cm³/mol. The lowest BCUT2D eigenvalue weighted by Gasteiger charge is -2.09. The molecule has 0 saturated heterocycles. The molecule has 0 radical (unpaired) electrons. The lowest BCUT2D eigenvalue weighted by atomic mass is 10.2. The molecule has 0 aliphatic heterocycles. The topological polar surface area (TPSA) is 72.6 Å². The number of benzene rings is 2. The number of carboxylic acids is 1. The Morgan fingerprint density at radius 1 is 1.11 bits per heavy atom. The molecular formula is C13H9F2NO3. The smallest absolute Gasteiger partial charge is 0.335 e. The maximum absolute atomic E-state index is 13.0. The summed E-state index contributed by atoms with van der Waals surface area (Å²) < 4.78 is 31.0. The number of hydrogen-bond acceptors (Lipinski definition) is 3. The van der Waals surface area contributed by atoms with Crippen LogP contribution in [0.5, 0.6) is 11.5 Å². The summed E-state index contributed by atoms with van der Waals surface area (Å²) in [5, 5.41) is 8.77. The first-order chi connectivity index (χ1) is 8.97. The van der Waals surface area contributed by atoms with Crippen molar-refractivity contribution >= 4 is 11.7 Å². The Hall–Kier alpha value is -2.63. The fourth-order valence-electron chi connectivity index (χ4n) is 1.44. The summed E-state index contributed by atoms with van der Waals surface area (Å²) >= 11 is 0. The first kappa shape index (κ1) is 12.8. The molecule has 0 fully saturated rings. The van der Waals surface area contributed by atoms with Gasteiger partial charge in [0.1, 0.15) is 11.5 Å². The van der Waals surface area contributed by atoms with Crippen molar-refractivity contribution in [3.05, 3.63) is 53.6 Å². The maximum atomic E-state index is 13.0. The van der Waals surface area contributed by atoms with Crippen molar-refractivity contribution in [1.29, 1.82) is 0 Å². The highest BCUT2D eigenvalue weighted by atomic mass is 19.2. The van der Waals surface area contributed by atoms with Gasteiger partial charge in [-0.05, 0) is 30.3 Å². The minimum absolute atomic E-state index is 0.00939. The van der Waals surface area contributed by atoms with Crippen LogP contribution in [0.15, 0.2) is 36.4 Å². The Kier molecular flexibility index (Phi) is 3.33. The molecule has 2 rings (SSSR count). The van der Waals surface area contributed by atoms with Gasteiger partial charge in [-0.2, -0.15) is 0 Å². The fourth-order valence-corrected chi connectivity index (χ4v) is 1.44. The van der Waals surface area contributed by atoms with E-state index in [2.05, 4.69) is 0 Å². The molecule has 3 N–H and O–H groups in total. The van der Waals surface area contributed by atoms with Gasteiger partial charge in [0.05, 0.1) is 11.3 Å². The maximum Gasteiger partial charge on any atom is 0.335 e. The second kappa shape index (κ2) is 4.93. The molecule has 6 heteroatoms. The Morgan fingerprint density at radius 3 is 2.42 bits per heavy atom. The van der Waals surface area contributed by atoms with Crippen molar-refractivity contribution in [2.75, 3.05) is 5.73 Å². The molecular weight excluding hydrogens is 256 g/mol. The fraction of sp³-hybridized carbons (Fsp3) is 0. The molecule has 0 spiro atoms. The van der Waals surface area contributed by atoms with Crippen LogP contribution in [0, 0.1) is 11.6 Å². The van der Waals surface area contributed by atoms with Crippen LogP contribution in [0.2, 0.25) is 0 Å². The summed E-state index contributed by atoms with van der Waals surface area (Å²) in [7, 11) is 0. The highest BCUT2D eigenvalue weighted by molar-refractivity contribution is 5.89. The summed E-state index contributed by atoms with van der Waals surface area (Å²) in [6.07, 6.45) is 0. The number of ether oxygens (including phenoxy) is 1. The summed E-state index contributed by atoms with van der Waals surface area (Å²) in [5.74, 6) is -2.92. The minimum atomic E-state index is -1.12. The molecule has 4 nitrogen and oxygen atoms in total. The van der Waals surface area contributed by atoms with Gasteiger partial charge >= 0.3 is 5.97 Å². The van der Waals surface area contributed by atoms with Gasteiger partial charge in [0.2, 0.25) is 0 Å². The minimum Gasteiger partial charge on any atom is -0.478 e. The van der Waals surface area contributed by atoms with Gasteiger partial charge in [0.15, 0.2) is 11.6 Å². The summed E-state index contributed by atoms with van der Waals surface area (Å²) in [4.78, 5) is 10.7. The number of nitrogens with two attached hydrogens (primary N) is 1. The van der Waals surface area contributed by atoms with E-state index in [1.54, 1.807) is 0 Å². The van der Waals surface area contributed by atoms with Crippen LogP contribution >= 0.6 is 0 Å². The van der Waals surface area contributed by atoms with Crippen molar-refractivity contribution in [2.24, 2.45) is 0 Å². The van der Waals surface area contributed by atoms with E-state index in [0.717, 1.165) is 12.1 Å². The zero-order chi connectivity index (χ0) is 14.0. The van der Waals surface area contributed by atoms with Crippen molar-refractivity contribution in [1.82, 2.24) is 0 Å². The van der Waals surface area contributed by atoms with E-state index in [-0.39, 0.29) is 22.7 Å². The average Bonchev–Trinajstić information content (AvgIpc) is 2.36. The largest absolute Gasteiger partial charge is 0.478 e. The van der Waals surface area contributed by atoms with E-state index in [1.165, 1.54) is 24.3 Å². The van der Waals surface area contributed by atoms with Gasteiger partial charge < -0.3 is 15.6 Å². The monoisotopic (exact) mass is 265 g/mol. The number of aromatic carboxylic acids is 1. The third kappa shape index (κ3) is 2.79. The quantitative estimate of drug-likeness (QED) is 0.836. The standard InChI is InChI=1S/C13H9F2NO3/c14-9-3-2-8(6-10(9)15)19-12-4-1-7(13(17)18)5-11(12)16/h1-6H,16H2,(H,17,18). The molecule has 0 aliphatic rings. The first-order valence-corrected chi connectivity index (χ1v) is 5.23. The second-order valence-electron chi connectivity index (χ2n) is 3.74. The second-order valence-corrected chi connectivity index (χ2v) is 3.74. The van der Waals surface area contributed by atoms with E-state index < -0.39 is 17.6 Å². The van der Waals surface area contributed by atoms with Crippen molar-refractivity contribution in [3.63, 3.8) is 0 Å². The Labute approximate surface area is 107 Å². The van der Waals surface area contributed by atoms with E-state index >= 15 is 0 Å². The van der Waals surface area contributed by atoms with Gasteiger partial charge in [0.25, 0.3) is 0 Å². The van der Waals surface area contributed by atoms with Crippen LogP contribution in [0.3, 0.4) is 0 Å². The predicted octanol–water partition coefficient (Wildman–Crippen LogP) is 3.04. The highest BCUT2D eigenvalue weighted by Crippen LogP contribution is 2.29. The number of hydrogen-bond donors (Lipinski definition) is 2. The number of nitrogen functional groups attached to an aromatic ring is 1. The van der Waals surface area contributed by atoms with Crippen molar-refractivity contribution in [3.8, 4) is 11.5 Å². The first-order valence-electron chi connectivity index (χ1n) is 5.23. The molecule has 98 valence electrons. The third-order valence-electron chi connectivity index (χ3n) is 2.38. The zero-order valence-corrected chi connectivity index (χ0v) is 9.56. The van der Waals surface area contributed by atoms with Crippen molar-refractivity contribution < 1.29 is 23.4 Å². The van der Waals surface area contributed by atoms with Gasteiger partial charge in [0, 0.05) is 6.07 Å². The van der Waals surface area contributed by atoms with Crippen molar-refractivity contribution in [2.45, 2.75) is 0 Å². The lowest BCUT2D eigenvalue weighted by molar-refractivity contribution is 0.0697. The molecule has 0 saturated carbocycles. The lowest BCUT2D eigenvalue weighted by Crippen LogP contribution is -1.99. The van der Waals surface area contributed by atoms with Crippen LogP contribution in [0.4, 0.5) is 14.5 Å².